The lowest BCUT2D eigenvalue weighted by Gasteiger charge is -2.03. The number of rotatable bonds is 3. The van der Waals surface area contributed by atoms with Crippen LogP contribution in [-0.4, -0.2) is 10.4 Å². The summed E-state index contributed by atoms with van der Waals surface area (Å²) in [5, 5.41) is 3.17. The molecule has 0 saturated carbocycles. The van der Waals surface area contributed by atoms with Crippen molar-refractivity contribution in [3.63, 3.8) is 0 Å². The van der Waals surface area contributed by atoms with Crippen molar-refractivity contribution in [2.24, 2.45) is 0 Å². The van der Waals surface area contributed by atoms with E-state index in [1.165, 1.54) is 12.1 Å². The molecule has 0 fully saturated rings. The molecule has 17 heavy (non-hydrogen) atoms. The van der Waals surface area contributed by atoms with E-state index < -0.39 is 11.1 Å². The number of carbonyl (C=O) groups is 1. The molecule has 2 aromatic rings. The van der Waals surface area contributed by atoms with E-state index in [0.717, 1.165) is 6.26 Å². The first kappa shape index (κ1) is 12.1. The minimum Gasteiger partial charge on any atom is -0.364 e. The van der Waals surface area contributed by atoms with Crippen LogP contribution in [0.3, 0.4) is 0 Å². The molecule has 2 rings (SSSR count). The van der Waals surface area contributed by atoms with Crippen LogP contribution >= 0.6 is 23.2 Å². The fourth-order valence-electron chi connectivity index (χ4n) is 1.42. The monoisotopic (exact) mass is 273 g/mol. The van der Waals surface area contributed by atoms with Crippen molar-refractivity contribution >= 4 is 28.4 Å². The third-order valence-electron chi connectivity index (χ3n) is 2.26. The Bertz CT molecular complexity index is 548. The summed E-state index contributed by atoms with van der Waals surface area (Å²) >= 11 is 11.2. The number of aromatic nitrogens is 1. The Morgan fingerprint density at radius 3 is 2.88 bits per heavy atom. The van der Waals surface area contributed by atoms with Gasteiger partial charge in [-0.25, -0.2) is 4.39 Å². The highest BCUT2D eigenvalue weighted by atomic mass is 35.5. The number of hydrogen-bond donors (Lipinski definition) is 0. The van der Waals surface area contributed by atoms with Gasteiger partial charge in [0.05, 0.1) is 5.56 Å². The molecular weight excluding hydrogens is 268 g/mol. The molecule has 0 aliphatic heterocycles. The molecule has 0 aliphatic carbocycles. The van der Waals surface area contributed by atoms with Crippen molar-refractivity contribution in [1.82, 2.24) is 5.16 Å². The molecule has 0 N–H and O–H groups in total. The van der Waals surface area contributed by atoms with Gasteiger partial charge >= 0.3 is 0 Å². The fourth-order valence-corrected chi connectivity index (χ4v) is 1.80. The Kier molecular flexibility index (Phi) is 3.45. The second-order valence-electron chi connectivity index (χ2n) is 3.33. The minimum atomic E-state index is -0.700. The Morgan fingerprint density at radius 1 is 1.47 bits per heavy atom. The number of hydrogen-bond acceptors (Lipinski definition) is 3. The molecule has 0 radical (unpaired) electrons. The van der Waals surface area contributed by atoms with Crippen LogP contribution in [0.15, 0.2) is 29.0 Å². The van der Waals surface area contributed by atoms with Gasteiger partial charge < -0.3 is 4.52 Å². The first-order chi connectivity index (χ1) is 8.09. The van der Waals surface area contributed by atoms with Gasteiger partial charge in [-0.3, -0.25) is 4.79 Å². The van der Waals surface area contributed by atoms with Crippen molar-refractivity contribution in [3.05, 3.63) is 52.1 Å². The van der Waals surface area contributed by atoms with Crippen molar-refractivity contribution < 1.29 is 13.7 Å². The lowest BCUT2D eigenvalue weighted by Crippen LogP contribution is -1.99. The number of nitrogens with zero attached hydrogens (tertiary/aromatic N) is 1. The summed E-state index contributed by atoms with van der Waals surface area (Å²) in [6.45, 7) is 0. The second-order valence-corrected chi connectivity index (χ2v) is 4.08. The maximum Gasteiger partial charge on any atom is 0.257 e. The van der Waals surface area contributed by atoms with E-state index in [0.29, 0.717) is 0 Å². The highest BCUT2D eigenvalue weighted by Crippen LogP contribution is 2.23. The normalized spacial score (nSPS) is 10.5. The first-order valence-corrected chi connectivity index (χ1v) is 5.41. The van der Waals surface area contributed by atoms with Crippen molar-refractivity contribution in [2.45, 2.75) is 6.42 Å². The molecule has 1 heterocycles. The van der Waals surface area contributed by atoms with Crippen LogP contribution in [0.1, 0.15) is 21.6 Å². The van der Waals surface area contributed by atoms with Crippen LogP contribution in [0.2, 0.25) is 5.02 Å². The molecule has 0 saturated heterocycles. The Hall–Kier alpha value is -1.39. The van der Waals surface area contributed by atoms with E-state index in [2.05, 4.69) is 9.68 Å². The van der Waals surface area contributed by atoms with Crippen LogP contribution in [0.4, 0.5) is 4.39 Å². The highest BCUT2D eigenvalue weighted by molar-refractivity contribution is 6.67. The summed E-state index contributed by atoms with van der Waals surface area (Å²) in [5.41, 5.74) is 0.630. The van der Waals surface area contributed by atoms with E-state index in [9.17, 15) is 9.18 Å². The summed E-state index contributed by atoms with van der Waals surface area (Å²) in [6, 6.07) is 4.34. The first-order valence-electron chi connectivity index (χ1n) is 4.65. The molecular formula is C11H6Cl2FNO2. The van der Waals surface area contributed by atoms with E-state index in [1.54, 1.807) is 6.07 Å². The maximum atomic E-state index is 13.5. The Morgan fingerprint density at radius 2 is 2.24 bits per heavy atom. The summed E-state index contributed by atoms with van der Waals surface area (Å²) in [5.74, 6) is -0.464. The van der Waals surface area contributed by atoms with Crippen LogP contribution < -0.4 is 0 Å². The van der Waals surface area contributed by atoms with Gasteiger partial charge in [0.1, 0.15) is 17.8 Å². The molecule has 0 amide bonds. The van der Waals surface area contributed by atoms with Crippen molar-refractivity contribution in [1.29, 1.82) is 0 Å². The Balaban J connectivity index is 2.38. The zero-order valence-electron chi connectivity index (χ0n) is 8.41. The standard InChI is InChI=1S/C11H6Cl2FNO2/c12-8-2-1-3-9(14)6(8)4-10-7(11(13)16)5-17-15-10/h1-3,5H,4H2. The predicted molar refractivity (Wildman–Crippen MR) is 60.9 cm³/mol. The summed E-state index contributed by atoms with van der Waals surface area (Å²) in [7, 11) is 0. The number of halogens is 3. The molecule has 0 aliphatic rings. The highest BCUT2D eigenvalue weighted by Gasteiger charge is 2.17. The largest absolute Gasteiger partial charge is 0.364 e. The summed E-state index contributed by atoms with van der Waals surface area (Å²) < 4.78 is 18.2. The predicted octanol–water partition coefficient (Wildman–Crippen LogP) is 3.44. The molecule has 3 nitrogen and oxygen atoms in total. The van der Waals surface area contributed by atoms with Gasteiger partial charge in [-0.15, -0.1) is 0 Å². The molecule has 6 heteroatoms. The maximum absolute atomic E-state index is 13.5. The van der Waals surface area contributed by atoms with E-state index in [1.807, 2.05) is 0 Å². The van der Waals surface area contributed by atoms with Gasteiger partial charge in [0.2, 0.25) is 0 Å². The van der Waals surface area contributed by atoms with Gasteiger partial charge in [-0.2, -0.15) is 0 Å². The third-order valence-corrected chi connectivity index (χ3v) is 2.82. The molecule has 0 atom stereocenters. The van der Waals surface area contributed by atoms with Crippen LogP contribution in [0.25, 0.3) is 0 Å². The third kappa shape index (κ3) is 2.48. The molecule has 0 unspecified atom stereocenters. The van der Waals surface area contributed by atoms with Gasteiger partial charge in [-0.05, 0) is 23.7 Å². The van der Waals surface area contributed by atoms with Crippen molar-refractivity contribution in [3.8, 4) is 0 Å². The lowest BCUT2D eigenvalue weighted by molar-refractivity contribution is 0.108. The van der Waals surface area contributed by atoms with Crippen LogP contribution in [0, 0.1) is 5.82 Å². The molecule has 0 bridgehead atoms. The lowest BCUT2D eigenvalue weighted by atomic mass is 10.1. The zero-order valence-corrected chi connectivity index (χ0v) is 9.93. The van der Waals surface area contributed by atoms with Crippen molar-refractivity contribution in [2.75, 3.05) is 0 Å². The van der Waals surface area contributed by atoms with Crippen LogP contribution in [0.5, 0.6) is 0 Å². The van der Waals surface area contributed by atoms with Gasteiger partial charge in [0, 0.05) is 17.0 Å². The minimum absolute atomic E-state index is 0.0514. The Labute approximate surface area is 106 Å². The average Bonchev–Trinajstić information content (AvgIpc) is 2.72. The van der Waals surface area contributed by atoms with E-state index >= 15 is 0 Å². The van der Waals surface area contributed by atoms with Gasteiger partial charge in [-0.1, -0.05) is 22.8 Å². The SMILES string of the molecule is O=C(Cl)c1conc1Cc1c(F)cccc1Cl. The zero-order chi connectivity index (χ0) is 12.4. The van der Waals surface area contributed by atoms with E-state index in [4.69, 9.17) is 23.2 Å². The molecule has 0 spiro atoms. The van der Waals surface area contributed by atoms with E-state index in [-0.39, 0.29) is 28.3 Å². The van der Waals surface area contributed by atoms with Gasteiger partial charge in [0.15, 0.2) is 0 Å². The number of carbonyl (C=O) groups excluding carboxylic acids is 1. The van der Waals surface area contributed by atoms with Gasteiger partial charge in [0.25, 0.3) is 5.24 Å². The topological polar surface area (TPSA) is 43.1 Å². The molecule has 88 valence electrons. The number of benzene rings is 1. The molecule has 1 aromatic heterocycles. The average molecular weight is 274 g/mol. The summed E-state index contributed by atoms with van der Waals surface area (Å²) in [6.07, 6.45) is 1.18. The van der Waals surface area contributed by atoms with Crippen LogP contribution in [-0.2, 0) is 6.42 Å². The summed E-state index contributed by atoms with van der Waals surface area (Å²) in [4.78, 5) is 11.0. The quantitative estimate of drug-likeness (QED) is 0.805. The fraction of sp³-hybridized carbons (Fsp3) is 0.0909. The smallest absolute Gasteiger partial charge is 0.257 e. The second kappa shape index (κ2) is 4.85. The molecule has 1 aromatic carbocycles.